The Morgan fingerprint density at radius 3 is 2.92 bits per heavy atom. The Hall–Kier alpha value is -3.15. The first-order valence-corrected chi connectivity index (χ1v) is 8.63. The van der Waals surface area contributed by atoms with E-state index < -0.39 is 0 Å². The average Bonchev–Trinajstić information content (AvgIpc) is 3.00. The van der Waals surface area contributed by atoms with Crippen molar-refractivity contribution >= 4 is 22.6 Å². The number of fused-ring (bicyclic) bond motifs is 2. The first kappa shape index (κ1) is 16.3. The van der Waals surface area contributed by atoms with E-state index in [-0.39, 0.29) is 17.7 Å². The summed E-state index contributed by atoms with van der Waals surface area (Å²) in [6.45, 7) is 4.43. The third-order valence-electron chi connectivity index (χ3n) is 4.23. The molecule has 6 heteroatoms. The van der Waals surface area contributed by atoms with Crippen LogP contribution in [0.2, 0.25) is 0 Å². The smallest absolute Gasteiger partial charge is 0.275 e. The number of hydrogen-bond acceptors (Lipinski definition) is 5. The van der Waals surface area contributed by atoms with E-state index in [1.165, 1.54) is 6.20 Å². The molecule has 1 amide bonds. The Morgan fingerprint density at radius 1 is 1.31 bits per heavy atom. The fourth-order valence-electron chi connectivity index (χ4n) is 3.06. The Bertz CT molecular complexity index is 987. The van der Waals surface area contributed by atoms with E-state index in [2.05, 4.69) is 15.3 Å². The van der Waals surface area contributed by atoms with E-state index in [0.29, 0.717) is 23.6 Å². The van der Waals surface area contributed by atoms with Gasteiger partial charge in [-0.2, -0.15) is 0 Å². The lowest BCUT2D eigenvalue weighted by molar-refractivity contribution is 0.102. The van der Waals surface area contributed by atoms with Crippen LogP contribution in [0.3, 0.4) is 0 Å². The van der Waals surface area contributed by atoms with Crippen molar-refractivity contribution in [1.82, 2.24) is 9.97 Å². The highest BCUT2D eigenvalue weighted by Gasteiger charge is 2.23. The van der Waals surface area contributed by atoms with Crippen molar-refractivity contribution in [2.24, 2.45) is 0 Å². The summed E-state index contributed by atoms with van der Waals surface area (Å²) in [5.41, 5.74) is 3.33. The highest BCUT2D eigenvalue weighted by Crippen LogP contribution is 2.38. The van der Waals surface area contributed by atoms with Gasteiger partial charge in [-0.25, -0.2) is 4.98 Å². The number of benzene rings is 2. The minimum atomic E-state index is -0.338. The Morgan fingerprint density at radius 2 is 2.12 bits per heavy atom. The molecule has 0 aliphatic carbocycles. The van der Waals surface area contributed by atoms with Gasteiger partial charge in [0.1, 0.15) is 23.3 Å². The van der Waals surface area contributed by atoms with Crippen LogP contribution in [-0.2, 0) is 6.42 Å². The number of amides is 1. The molecule has 132 valence electrons. The first-order chi connectivity index (χ1) is 12.6. The van der Waals surface area contributed by atoms with Gasteiger partial charge in [-0.3, -0.25) is 9.78 Å². The summed E-state index contributed by atoms with van der Waals surface area (Å²) in [7, 11) is 0. The van der Waals surface area contributed by atoms with Gasteiger partial charge in [-0.15, -0.1) is 0 Å². The lowest BCUT2D eigenvalue weighted by Gasteiger charge is -2.13. The monoisotopic (exact) mass is 349 g/mol. The zero-order valence-corrected chi connectivity index (χ0v) is 14.7. The Labute approximate surface area is 151 Å². The molecular weight excluding hydrogens is 330 g/mol. The molecular formula is C20H19N3O3. The Kier molecular flexibility index (Phi) is 4.16. The molecule has 0 radical (unpaired) electrons. The number of aromatic nitrogens is 2. The summed E-state index contributed by atoms with van der Waals surface area (Å²) in [4.78, 5) is 21.3. The minimum Gasteiger partial charge on any atom is -0.492 e. The lowest BCUT2D eigenvalue weighted by Crippen LogP contribution is -2.15. The van der Waals surface area contributed by atoms with Crippen LogP contribution in [0.15, 0.2) is 42.6 Å². The fourth-order valence-corrected chi connectivity index (χ4v) is 3.06. The number of ether oxygens (including phenoxy) is 2. The van der Waals surface area contributed by atoms with Crippen LogP contribution >= 0.6 is 0 Å². The van der Waals surface area contributed by atoms with Gasteiger partial charge in [0, 0.05) is 18.1 Å². The molecule has 1 N–H and O–H groups in total. The number of nitrogens with zero attached hydrogens (tertiary/aromatic N) is 2. The van der Waals surface area contributed by atoms with Gasteiger partial charge in [-0.1, -0.05) is 12.1 Å². The normalized spacial score (nSPS) is 15.4. The maximum absolute atomic E-state index is 12.7. The molecule has 1 atom stereocenters. The van der Waals surface area contributed by atoms with Crippen molar-refractivity contribution in [3.63, 3.8) is 0 Å². The molecule has 6 nitrogen and oxygen atoms in total. The van der Waals surface area contributed by atoms with Crippen LogP contribution in [0.25, 0.3) is 11.0 Å². The van der Waals surface area contributed by atoms with Crippen molar-refractivity contribution in [1.29, 1.82) is 0 Å². The maximum Gasteiger partial charge on any atom is 0.275 e. The Balaban J connectivity index is 1.65. The van der Waals surface area contributed by atoms with E-state index in [4.69, 9.17) is 9.47 Å². The van der Waals surface area contributed by atoms with Crippen LogP contribution in [0.5, 0.6) is 11.5 Å². The molecule has 2 aromatic carbocycles. The van der Waals surface area contributed by atoms with Gasteiger partial charge >= 0.3 is 0 Å². The molecule has 2 heterocycles. The molecule has 0 bridgehead atoms. The summed E-state index contributed by atoms with van der Waals surface area (Å²) in [6, 6.07) is 11.2. The first-order valence-electron chi connectivity index (χ1n) is 8.63. The number of carbonyl (C=O) groups is 1. The van der Waals surface area contributed by atoms with Crippen LogP contribution in [0, 0.1) is 0 Å². The van der Waals surface area contributed by atoms with Gasteiger partial charge in [0.2, 0.25) is 0 Å². The highest BCUT2D eigenvalue weighted by molar-refractivity contribution is 6.04. The molecule has 26 heavy (non-hydrogen) atoms. The molecule has 3 aromatic rings. The third-order valence-corrected chi connectivity index (χ3v) is 4.23. The van der Waals surface area contributed by atoms with Crippen LogP contribution < -0.4 is 14.8 Å². The van der Waals surface area contributed by atoms with Gasteiger partial charge in [-0.05, 0) is 32.0 Å². The van der Waals surface area contributed by atoms with Crippen LogP contribution in [-0.4, -0.2) is 28.6 Å². The summed E-state index contributed by atoms with van der Waals surface area (Å²) in [5, 5.41) is 2.87. The number of carbonyl (C=O) groups excluding carboxylic acids is 1. The number of hydrogen-bond donors (Lipinski definition) is 1. The van der Waals surface area contributed by atoms with Gasteiger partial charge in [0.25, 0.3) is 5.91 Å². The molecule has 1 aliphatic heterocycles. The summed E-state index contributed by atoms with van der Waals surface area (Å²) >= 11 is 0. The van der Waals surface area contributed by atoms with Crippen LogP contribution in [0.1, 0.15) is 29.9 Å². The topological polar surface area (TPSA) is 73.3 Å². The van der Waals surface area contributed by atoms with Gasteiger partial charge in [0.05, 0.1) is 29.5 Å². The maximum atomic E-state index is 12.7. The molecule has 4 rings (SSSR count). The van der Waals surface area contributed by atoms with Crippen molar-refractivity contribution < 1.29 is 14.3 Å². The summed E-state index contributed by atoms with van der Waals surface area (Å²) < 4.78 is 11.5. The highest BCUT2D eigenvalue weighted by atomic mass is 16.5. The number of nitrogens with one attached hydrogen (secondary N) is 1. The number of rotatable bonds is 4. The largest absolute Gasteiger partial charge is 0.492 e. The summed E-state index contributed by atoms with van der Waals surface area (Å²) in [5.74, 6) is 1.07. The molecule has 0 saturated heterocycles. The zero-order chi connectivity index (χ0) is 18.1. The molecule has 0 unspecified atom stereocenters. The predicted octanol–water partition coefficient (Wildman–Crippen LogP) is 3.60. The lowest BCUT2D eigenvalue weighted by atomic mass is 10.1. The van der Waals surface area contributed by atoms with E-state index >= 15 is 0 Å². The van der Waals surface area contributed by atoms with Crippen molar-refractivity contribution in [2.45, 2.75) is 26.4 Å². The van der Waals surface area contributed by atoms with E-state index in [9.17, 15) is 4.79 Å². The molecule has 0 saturated carbocycles. The third kappa shape index (κ3) is 3.06. The second-order valence-corrected chi connectivity index (χ2v) is 6.22. The SMILES string of the molecule is CCOc1cc2c(cc1NC(=O)c1cnc3ccccc3n1)O[C@@H](C)C2. The molecule has 1 aliphatic rings. The second-order valence-electron chi connectivity index (χ2n) is 6.22. The van der Waals surface area contributed by atoms with Gasteiger partial charge in [0.15, 0.2) is 0 Å². The minimum absolute atomic E-state index is 0.122. The average molecular weight is 349 g/mol. The van der Waals surface area contributed by atoms with E-state index in [1.54, 1.807) is 0 Å². The zero-order valence-electron chi connectivity index (χ0n) is 14.7. The standard InChI is InChI=1S/C20H19N3O3/c1-3-25-19-9-13-8-12(2)26-18(13)10-16(19)23-20(24)17-11-21-14-6-4-5-7-15(14)22-17/h4-7,9-12H,3,8H2,1-2H3,(H,23,24)/t12-/m0/s1. The van der Waals surface area contributed by atoms with Gasteiger partial charge < -0.3 is 14.8 Å². The quantitative estimate of drug-likeness (QED) is 0.779. The second kappa shape index (κ2) is 6.63. The summed E-state index contributed by atoms with van der Waals surface area (Å²) in [6.07, 6.45) is 2.43. The van der Waals surface area contributed by atoms with E-state index in [0.717, 1.165) is 23.3 Å². The fraction of sp³-hybridized carbons (Fsp3) is 0.250. The van der Waals surface area contributed by atoms with Crippen molar-refractivity contribution in [3.8, 4) is 11.5 Å². The molecule has 1 aromatic heterocycles. The van der Waals surface area contributed by atoms with Crippen molar-refractivity contribution in [3.05, 3.63) is 53.9 Å². The molecule has 0 spiro atoms. The van der Waals surface area contributed by atoms with Crippen LogP contribution in [0.4, 0.5) is 5.69 Å². The van der Waals surface area contributed by atoms with E-state index in [1.807, 2.05) is 50.2 Å². The molecule has 0 fully saturated rings. The van der Waals surface area contributed by atoms with Crippen molar-refractivity contribution in [2.75, 3.05) is 11.9 Å². The predicted molar refractivity (Wildman–Crippen MR) is 98.9 cm³/mol. The number of para-hydroxylation sites is 2. The number of anilines is 1.